The molecule has 0 unspecified atom stereocenters. The van der Waals surface area contributed by atoms with Crippen molar-refractivity contribution in [1.29, 1.82) is 0 Å². The maximum absolute atomic E-state index is 6.09. The van der Waals surface area contributed by atoms with Crippen LogP contribution in [0.3, 0.4) is 0 Å². The Bertz CT molecular complexity index is 1030. The molecule has 3 rings (SSSR count). The van der Waals surface area contributed by atoms with E-state index in [1.165, 1.54) is 0 Å². The van der Waals surface area contributed by atoms with Gasteiger partial charge in [-0.15, -0.1) is 0 Å². The Morgan fingerprint density at radius 2 is 1.53 bits per heavy atom. The third-order valence-corrected chi connectivity index (χ3v) is 10.7. The lowest BCUT2D eigenvalue weighted by Gasteiger charge is -2.36. The molecule has 0 saturated carbocycles. The Morgan fingerprint density at radius 3 is 2.18 bits per heavy atom. The average molecular weight is 487 g/mol. The van der Waals surface area contributed by atoms with Crippen LogP contribution in [0, 0.1) is 0 Å². The van der Waals surface area contributed by atoms with Gasteiger partial charge in [0.05, 0.1) is 33.0 Å². The zero-order valence-electron chi connectivity index (χ0n) is 21.3. The zero-order chi connectivity index (χ0) is 24.6. The molecule has 0 radical (unpaired) electrons. The molecule has 2 aromatic carbocycles. The van der Waals surface area contributed by atoms with E-state index in [-0.39, 0.29) is 5.04 Å². The lowest BCUT2D eigenvalue weighted by molar-refractivity contribution is 0.0260. The highest BCUT2D eigenvalue weighted by atomic mass is 28.4. The summed E-state index contributed by atoms with van der Waals surface area (Å²) in [7, 11) is 0.190. The van der Waals surface area contributed by atoms with E-state index in [1.54, 1.807) is 0 Å². The third kappa shape index (κ3) is 7.30. The molecule has 0 aliphatic carbocycles. The lowest BCUT2D eigenvalue weighted by Crippen LogP contribution is -2.41. The highest BCUT2D eigenvalue weighted by molar-refractivity contribution is 6.74. The SMILES string of the molecule is CNc1ccc(-c2nc3cc(OCCOCCOCCO[Si](C)(C)C(C)(C)C)ccc3o2)cc1. The second-order valence-corrected chi connectivity index (χ2v) is 14.5. The van der Waals surface area contributed by atoms with Gasteiger partial charge in [-0.1, -0.05) is 20.8 Å². The molecular formula is C26H38N2O5Si. The lowest BCUT2D eigenvalue weighted by atomic mass is 10.2. The van der Waals surface area contributed by atoms with Crippen molar-refractivity contribution >= 4 is 25.1 Å². The predicted octanol–water partition coefficient (Wildman–Crippen LogP) is 5.97. The van der Waals surface area contributed by atoms with Gasteiger partial charge in [-0.2, -0.15) is 0 Å². The van der Waals surface area contributed by atoms with Crippen LogP contribution < -0.4 is 10.1 Å². The molecule has 0 aliphatic rings. The summed E-state index contributed by atoms with van der Waals surface area (Å²) >= 11 is 0. The molecule has 8 heteroatoms. The number of hydrogen-bond donors (Lipinski definition) is 1. The number of aromatic nitrogens is 1. The van der Waals surface area contributed by atoms with E-state index in [0.29, 0.717) is 45.5 Å². The highest BCUT2D eigenvalue weighted by Gasteiger charge is 2.36. The van der Waals surface area contributed by atoms with Crippen molar-refractivity contribution in [3.05, 3.63) is 42.5 Å². The van der Waals surface area contributed by atoms with E-state index in [4.69, 9.17) is 23.1 Å². The van der Waals surface area contributed by atoms with Crippen molar-refractivity contribution in [3.8, 4) is 17.2 Å². The van der Waals surface area contributed by atoms with Gasteiger partial charge in [0.15, 0.2) is 13.9 Å². The highest BCUT2D eigenvalue weighted by Crippen LogP contribution is 2.36. The van der Waals surface area contributed by atoms with Gasteiger partial charge in [-0.25, -0.2) is 4.98 Å². The summed E-state index contributed by atoms with van der Waals surface area (Å²) in [5, 5.41) is 3.32. The monoisotopic (exact) mass is 486 g/mol. The van der Waals surface area contributed by atoms with E-state index in [0.717, 1.165) is 28.1 Å². The van der Waals surface area contributed by atoms with Gasteiger partial charge in [0.2, 0.25) is 5.89 Å². The van der Waals surface area contributed by atoms with E-state index >= 15 is 0 Å². The van der Waals surface area contributed by atoms with E-state index in [1.807, 2.05) is 49.5 Å². The summed E-state index contributed by atoms with van der Waals surface area (Å²) in [6.07, 6.45) is 0. The molecule has 1 heterocycles. The van der Waals surface area contributed by atoms with Gasteiger partial charge in [-0.05, 0) is 54.5 Å². The van der Waals surface area contributed by atoms with Crippen molar-refractivity contribution in [2.75, 3.05) is 52.0 Å². The largest absolute Gasteiger partial charge is 0.491 e. The predicted molar refractivity (Wildman–Crippen MR) is 139 cm³/mol. The van der Waals surface area contributed by atoms with Gasteiger partial charge in [0.1, 0.15) is 17.9 Å². The molecule has 0 atom stereocenters. The molecule has 0 fully saturated rings. The molecule has 3 aromatic rings. The maximum Gasteiger partial charge on any atom is 0.227 e. The van der Waals surface area contributed by atoms with E-state index in [9.17, 15) is 0 Å². The Hall–Kier alpha value is -2.39. The first-order chi connectivity index (χ1) is 16.2. The molecule has 0 bridgehead atoms. The number of fused-ring (bicyclic) bond motifs is 1. The Balaban J connectivity index is 1.33. The van der Waals surface area contributed by atoms with Crippen LogP contribution in [0.5, 0.6) is 5.75 Å². The molecular weight excluding hydrogens is 448 g/mol. The van der Waals surface area contributed by atoms with Crippen LogP contribution in [-0.4, -0.2) is 60.0 Å². The fourth-order valence-corrected chi connectivity index (χ4v) is 4.04. The second-order valence-electron chi connectivity index (χ2n) is 9.66. The first-order valence-corrected chi connectivity index (χ1v) is 14.7. The van der Waals surface area contributed by atoms with Crippen LogP contribution in [0.1, 0.15) is 20.8 Å². The molecule has 1 N–H and O–H groups in total. The second kappa shape index (κ2) is 11.8. The quantitative estimate of drug-likeness (QED) is 0.236. The topological polar surface area (TPSA) is 75.0 Å². The first kappa shape index (κ1) is 26.2. The summed E-state index contributed by atoms with van der Waals surface area (Å²) in [5.74, 6) is 1.33. The van der Waals surface area contributed by atoms with Crippen molar-refractivity contribution in [1.82, 2.24) is 4.98 Å². The van der Waals surface area contributed by atoms with Crippen molar-refractivity contribution in [2.24, 2.45) is 0 Å². The molecule has 34 heavy (non-hydrogen) atoms. The van der Waals surface area contributed by atoms with Crippen LogP contribution in [0.25, 0.3) is 22.6 Å². The smallest absolute Gasteiger partial charge is 0.227 e. The normalized spacial score (nSPS) is 12.3. The van der Waals surface area contributed by atoms with Crippen molar-refractivity contribution < 1.29 is 23.1 Å². The van der Waals surface area contributed by atoms with Gasteiger partial charge >= 0.3 is 0 Å². The van der Waals surface area contributed by atoms with Crippen molar-refractivity contribution in [2.45, 2.75) is 38.9 Å². The van der Waals surface area contributed by atoms with Crippen LogP contribution in [0.4, 0.5) is 5.69 Å². The minimum absolute atomic E-state index is 0.217. The average Bonchev–Trinajstić information content (AvgIpc) is 3.23. The number of rotatable bonds is 13. The number of anilines is 1. The van der Waals surface area contributed by atoms with E-state index < -0.39 is 8.32 Å². The maximum atomic E-state index is 6.09. The Labute approximate surface area is 203 Å². The standard InChI is InChI=1S/C26H38N2O5Si/c1-26(2,3)34(5,6)32-18-16-30-14-13-29-15-17-31-22-11-12-24-23(19-22)28-25(33-24)20-7-9-21(27-4)10-8-20/h7-12,19,27H,13-18H2,1-6H3. The summed E-state index contributed by atoms with van der Waals surface area (Å²) in [5.41, 5.74) is 3.46. The van der Waals surface area contributed by atoms with Gasteiger partial charge < -0.3 is 28.4 Å². The summed E-state index contributed by atoms with van der Waals surface area (Å²) in [6.45, 7) is 14.4. The van der Waals surface area contributed by atoms with Crippen molar-refractivity contribution in [3.63, 3.8) is 0 Å². The minimum Gasteiger partial charge on any atom is -0.491 e. The van der Waals surface area contributed by atoms with Crippen LogP contribution >= 0.6 is 0 Å². The fraction of sp³-hybridized carbons (Fsp3) is 0.500. The fourth-order valence-electron chi connectivity index (χ4n) is 3.01. The molecule has 186 valence electrons. The van der Waals surface area contributed by atoms with Crippen LogP contribution in [-0.2, 0) is 13.9 Å². The summed E-state index contributed by atoms with van der Waals surface area (Å²) in [4.78, 5) is 4.60. The molecule has 0 amide bonds. The van der Waals surface area contributed by atoms with Crippen LogP contribution in [0.15, 0.2) is 46.9 Å². The Kier molecular flexibility index (Phi) is 9.13. The molecule has 0 saturated heterocycles. The third-order valence-electron chi connectivity index (χ3n) is 6.14. The van der Waals surface area contributed by atoms with Gasteiger partial charge in [0, 0.05) is 24.4 Å². The minimum atomic E-state index is -1.70. The molecule has 0 aliphatic heterocycles. The van der Waals surface area contributed by atoms with E-state index in [2.05, 4.69) is 44.2 Å². The molecule has 0 spiro atoms. The first-order valence-electron chi connectivity index (χ1n) is 11.8. The number of oxazole rings is 1. The Morgan fingerprint density at radius 1 is 0.882 bits per heavy atom. The number of benzene rings is 2. The summed E-state index contributed by atoms with van der Waals surface area (Å²) < 4.78 is 29.0. The number of ether oxygens (including phenoxy) is 3. The summed E-state index contributed by atoms with van der Waals surface area (Å²) in [6, 6.07) is 13.6. The van der Waals surface area contributed by atoms with Gasteiger partial charge in [-0.3, -0.25) is 0 Å². The number of hydrogen-bond acceptors (Lipinski definition) is 7. The molecule has 7 nitrogen and oxygen atoms in total. The number of nitrogens with one attached hydrogen (secondary N) is 1. The zero-order valence-corrected chi connectivity index (χ0v) is 22.3. The molecule has 1 aromatic heterocycles. The van der Waals surface area contributed by atoms with Gasteiger partial charge in [0.25, 0.3) is 0 Å². The number of nitrogens with zero attached hydrogens (tertiary/aromatic N) is 1. The van der Waals surface area contributed by atoms with Crippen LogP contribution in [0.2, 0.25) is 18.1 Å².